The van der Waals surface area contributed by atoms with Gasteiger partial charge in [0.25, 0.3) is 0 Å². The zero-order valence-corrected chi connectivity index (χ0v) is 18.8. The minimum absolute atomic E-state index is 0.249. The fourth-order valence-electron chi connectivity index (χ4n) is 2.94. The lowest BCUT2D eigenvalue weighted by molar-refractivity contribution is -0.136. The lowest BCUT2D eigenvalue weighted by atomic mass is 10.1. The number of amides is 2. The quantitative estimate of drug-likeness (QED) is 0.183. The number of ether oxygens (including phenoxy) is 3. The number of anilines is 1. The number of aryl methyl sites for hydroxylation is 1. The van der Waals surface area contributed by atoms with Crippen LogP contribution in [0.25, 0.3) is 0 Å². The second-order valence-electron chi connectivity index (χ2n) is 6.96. The van der Waals surface area contributed by atoms with Gasteiger partial charge >= 0.3 is 17.8 Å². The van der Waals surface area contributed by atoms with E-state index in [0.717, 1.165) is 5.56 Å². The van der Waals surface area contributed by atoms with Crippen LogP contribution in [0.3, 0.4) is 0 Å². The average molecular weight is 461 g/mol. The van der Waals surface area contributed by atoms with E-state index in [9.17, 15) is 14.4 Å². The molecular formula is C25H23N3O6. The van der Waals surface area contributed by atoms with E-state index in [1.54, 1.807) is 48.5 Å². The molecule has 2 N–H and O–H groups in total. The second kappa shape index (κ2) is 11.3. The van der Waals surface area contributed by atoms with Crippen molar-refractivity contribution in [3.63, 3.8) is 0 Å². The molecule has 3 aromatic rings. The Morgan fingerprint density at radius 2 is 1.59 bits per heavy atom. The Hall–Kier alpha value is -4.66. The molecule has 0 saturated carbocycles. The second-order valence-corrected chi connectivity index (χ2v) is 6.96. The maximum absolute atomic E-state index is 12.5. The Labute approximate surface area is 196 Å². The highest BCUT2D eigenvalue weighted by atomic mass is 16.5. The Kier molecular flexibility index (Phi) is 7.96. The molecule has 0 aliphatic carbocycles. The largest absolute Gasteiger partial charge is 0.497 e. The first-order valence-electron chi connectivity index (χ1n) is 10.2. The number of carbonyl (C=O) groups excluding carboxylic acids is 3. The van der Waals surface area contributed by atoms with Crippen molar-refractivity contribution in [1.82, 2.24) is 5.43 Å². The van der Waals surface area contributed by atoms with E-state index >= 15 is 0 Å². The molecule has 9 heteroatoms. The number of esters is 1. The molecule has 2 amide bonds. The number of nitrogens with one attached hydrogen (secondary N) is 2. The fraction of sp³-hybridized carbons (Fsp3) is 0.120. The molecule has 9 nitrogen and oxygen atoms in total. The van der Waals surface area contributed by atoms with Crippen molar-refractivity contribution in [3.05, 3.63) is 83.4 Å². The van der Waals surface area contributed by atoms with Crippen LogP contribution in [0.1, 0.15) is 21.5 Å². The maximum Gasteiger partial charge on any atom is 0.343 e. The topological polar surface area (TPSA) is 115 Å². The van der Waals surface area contributed by atoms with Crippen LogP contribution < -0.4 is 25.0 Å². The Morgan fingerprint density at radius 3 is 2.32 bits per heavy atom. The number of para-hydroxylation sites is 1. The van der Waals surface area contributed by atoms with Gasteiger partial charge in [0, 0.05) is 11.6 Å². The van der Waals surface area contributed by atoms with Crippen molar-refractivity contribution >= 4 is 29.7 Å². The predicted octanol–water partition coefficient (Wildman–Crippen LogP) is 3.32. The molecule has 0 heterocycles. The smallest absolute Gasteiger partial charge is 0.343 e. The summed E-state index contributed by atoms with van der Waals surface area (Å²) in [7, 11) is 2.91. The lowest BCUT2D eigenvalue weighted by Gasteiger charge is -2.11. The van der Waals surface area contributed by atoms with Crippen molar-refractivity contribution in [3.8, 4) is 17.2 Å². The lowest BCUT2D eigenvalue weighted by Crippen LogP contribution is -2.32. The van der Waals surface area contributed by atoms with Crippen molar-refractivity contribution in [1.29, 1.82) is 0 Å². The van der Waals surface area contributed by atoms with Crippen molar-refractivity contribution in [2.24, 2.45) is 5.10 Å². The molecule has 0 bridgehead atoms. The summed E-state index contributed by atoms with van der Waals surface area (Å²) >= 11 is 0. The fourth-order valence-corrected chi connectivity index (χ4v) is 2.94. The number of rotatable bonds is 7. The molecule has 0 aliphatic heterocycles. The normalized spacial score (nSPS) is 10.4. The van der Waals surface area contributed by atoms with Crippen LogP contribution in [0.15, 0.2) is 71.8 Å². The minimum Gasteiger partial charge on any atom is -0.497 e. The molecule has 0 radical (unpaired) electrons. The first kappa shape index (κ1) is 24.0. The number of hydrogen-bond acceptors (Lipinski definition) is 7. The summed E-state index contributed by atoms with van der Waals surface area (Å²) in [6, 6.07) is 18.5. The van der Waals surface area contributed by atoms with Gasteiger partial charge in [0.1, 0.15) is 17.2 Å². The summed E-state index contributed by atoms with van der Waals surface area (Å²) in [6.07, 6.45) is 1.28. The highest BCUT2D eigenvalue weighted by molar-refractivity contribution is 6.39. The van der Waals surface area contributed by atoms with Crippen LogP contribution in [-0.4, -0.2) is 38.2 Å². The van der Waals surface area contributed by atoms with Gasteiger partial charge in [-0.2, -0.15) is 5.10 Å². The van der Waals surface area contributed by atoms with Gasteiger partial charge in [-0.1, -0.05) is 30.3 Å². The molecule has 3 rings (SSSR count). The van der Waals surface area contributed by atoms with E-state index in [4.69, 9.17) is 14.2 Å². The molecule has 3 aromatic carbocycles. The zero-order valence-electron chi connectivity index (χ0n) is 18.8. The molecule has 0 atom stereocenters. The molecular weight excluding hydrogens is 438 g/mol. The van der Waals surface area contributed by atoms with E-state index in [-0.39, 0.29) is 11.4 Å². The van der Waals surface area contributed by atoms with Crippen LogP contribution in [0.5, 0.6) is 17.2 Å². The van der Waals surface area contributed by atoms with E-state index in [1.165, 1.54) is 26.5 Å². The van der Waals surface area contributed by atoms with E-state index < -0.39 is 17.8 Å². The van der Waals surface area contributed by atoms with Gasteiger partial charge in [0.2, 0.25) is 0 Å². The van der Waals surface area contributed by atoms with Gasteiger partial charge in [0.15, 0.2) is 0 Å². The van der Waals surface area contributed by atoms with E-state index in [1.807, 2.05) is 19.1 Å². The average Bonchev–Trinajstić information content (AvgIpc) is 2.85. The first-order valence-corrected chi connectivity index (χ1v) is 10.2. The molecule has 0 fully saturated rings. The Morgan fingerprint density at radius 1 is 0.853 bits per heavy atom. The van der Waals surface area contributed by atoms with Crippen molar-refractivity contribution in [2.45, 2.75) is 6.92 Å². The van der Waals surface area contributed by atoms with Crippen LogP contribution in [-0.2, 0) is 9.59 Å². The summed E-state index contributed by atoms with van der Waals surface area (Å²) in [4.78, 5) is 37.0. The van der Waals surface area contributed by atoms with Gasteiger partial charge in [0.05, 0.1) is 31.7 Å². The van der Waals surface area contributed by atoms with E-state index in [0.29, 0.717) is 22.6 Å². The number of methoxy groups -OCH3 is 2. The number of hydrazone groups is 1. The number of hydrogen-bond donors (Lipinski definition) is 2. The van der Waals surface area contributed by atoms with Gasteiger partial charge in [-0.3, -0.25) is 9.59 Å². The van der Waals surface area contributed by atoms with Gasteiger partial charge in [-0.25, -0.2) is 10.2 Å². The maximum atomic E-state index is 12.5. The van der Waals surface area contributed by atoms with Crippen LogP contribution >= 0.6 is 0 Å². The number of nitrogens with zero attached hydrogens (tertiary/aromatic N) is 1. The summed E-state index contributed by atoms with van der Waals surface area (Å²) in [6.45, 7) is 1.81. The molecule has 0 aliphatic rings. The molecule has 0 spiro atoms. The molecule has 0 aromatic heterocycles. The van der Waals surface area contributed by atoms with E-state index in [2.05, 4.69) is 15.8 Å². The highest BCUT2D eigenvalue weighted by Gasteiger charge is 2.16. The molecule has 0 unspecified atom stereocenters. The summed E-state index contributed by atoms with van der Waals surface area (Å²) in [5.41, 5.74) is 4.06. The third-order valence-corrected chi connectivity index (χ3v) is 4.72. The third kappa shape index (κ3) is 5.98. The predicted molar refractivity (Wildman–Crippen MR) is 126 cm³/mol. The number of carbonyl (C=O) groups is 3. The summed E-state index contributed by atoms with van der Waals surface area (Å²) in [5, 5.41) is 6.25. The Balaban J connectivity index is 1.65. The monoisotopic (exact) mass is 461 g/mol. The summed E-state index contributed by atoms with van der Waals surface area (Å²) in [5.74, 6) is -1.39. The van der Waals surface area contributed by atoms with Gasteiger partial charge in [-0.05, 0) is 42.8 Å². The van der Waals surface area contributed by atoms with Gasteiger partial charge in [-0.15, -0.1) is 0 Å². The van der Waals surface area contributed by atoms with Crippen LogP contribution in [0, 0.1) is 6.92 Å². The summed E-state index contributed by atoms with van der Waals surface area (Å²) < 4.78 is 15.8. The zero-order chi connectivity index (χ0) is 24.5. The standard InChI is InChI=1S/C25H23N3O6/c1-16-8-4-6-10-19(16)25(31)34-21-11-7-5-9-17(21)15-26-28-24(30)23(29)27-20-14-18(32-2)12-13-22(20)33-3/h4-15H,1-3H3,(H,27,29)(H,28,30). The Bertz CT molecular complexity index is 1240. The minimum atomic E-state index is -1.00. The third-order valence-electron chi connectivity index (χ3n) is 4.72. The first-order chi connectivity index (χ1) is 16.4. The van der Waals surface area contributed by atoms with Gasteiger partial charge < -0.3 is 19.5 Å². The van der Waals surface area contributed by atoms with Crippen molar-refractivity contribution in [2.75, 3.05) is 19.5 Å². The SMILES string of the molecule is COc1ccc(OC)c(NC(=O)C(=O)NN=Cc2ccccc2OC(=O)c2ccccc2C)c1. The van der Waals surface area contributed by atoms with Crippen LogP contribution in [0.2, 0.25) is 0 Å². The van der Waals surface area contributed by atoms with Crippen LogP contribution in [0.4, 0.5) is 5.69 Å². The highest BCUT2D eigenvalue weighted by Crippen LogP contribution is 2.28. The van der Waals surface area contributed by atoms with Crippen molar-refractivity contribution < 1.29 is 28.6 Å². The molecule has 174 valence electrons. The molecule has 0 saturated heterocycles. The molecule has 34 heavy (non-hydrogen) atoms. The number of benzene rings is 3.